The molecule has 0 atom stereocenters. The second kappa shape index (κ2) is 7.86. The van der Waals surface area contributed by atoms with Gasteiger partial charge < -0.3 is 15.2 Å². The molecule has 2 N–H and O–H groups in total. The van der Waals surface area contributed by atoms with E-state index in [1.165, 1.54) is 5.56 Å². The van der Waals surface area contributed by atoms with Crippen LogP contribution in [0.15, 0.2) is 42.5 Å². The van der Waals surface area contributed by atoms with Gasteiger partial charge in [0.25, 0.3) is 0 Å². The lowest BCUT2D eigenvalue weighted by molar-refractivity contribution is 0.214. The molecule has 0 fully saturated rings. The number of thiocarbonyl (C=S) groups is 1. The summed E-state index contributed by atoms with van der Waals surface area (Å²) in [4.78, 5) is 0.256. The van der Waals surface area contributed by atoms with Crippen molar-refractivity contribution in [1.29, 1.82) is 0 Å². The molecule has 3 nitrogen and oxygen atoms in total. The van der Waals surface area contributed by atoms with Gasteiger partial charge in [-0.1, -0.05) is 62.8 Å². The molecular formula is C19H22ClNO2S. The van der Waals surface area contributed by atoms with E-state index in [0.717, 1.165) is 5.75 Å². The Kier molecular flexibility index (Phi) is 6.08. The smallest absolute Gasteiger partial charge is 0.129 e. The Morgan fingerprint density at radius 2 is 1.67 bits per heavy atom. The summed E-state index contributed by atoms with van der Waals surface area (Å²) >= 11 is 11.0. The third-order valence-electron chi connectivity index (χ3n) is 3.50. The maximum atomic E-state index is 5.97. The average molecular weight is 364 g/mol. The lowest BCUT2D eigenvalue weighted by Gasteiger charge is -2.22. The molecule has 128 valence electrons. The number of hydrogen-bond acceptors (Lipinski definition) is 3. The number of halogens is 1. The summed E-state index contributed by atoms with van der Waals surface area (Å²) < 4.78 is 11.6. The van der Waals surface area contributed by atoms with Gasteiger partial charge in [-0.25, -0.2) is 0 Å². The molecule has 0 bridgehead atoms. The van der Waals surface area contributed by atoms with Gasteiger partial charge in [-0.15, -0.1) is 0 Å². The van der Waals surface area contributed by atoms with Crippen molar-refractivity contribution in [3.05, 3.63) is 58.6 Å². The molecule has 0 spiro atoms. The highest BCUT2D eigenvalue weighted by atomic mass is 35.5. The summed E-state index contributed by atoms with van der Waals surface area (Å²) in [5, 5.41) is 0.570. The molecule has 0 aliphatic heterocycles. The van der Waals surface area contributed by atoms with E-state index in [0.29, 0.717) is 29.5 Å². The molecule has 5 heteroatoms. The first-order chi connectivity index (χ1) is 11.3. The van der Waals surface area contributed by atoms with Gasteiger partial charge in [-0.3, -0.25) is 0 Å². The normalized spacial score (nSPS) is 11.2. The minimum atomic E-state index is 0.0204. The predicted molar refractivity (Wildman–Crippen MR) is 103 cm³/mol. The quantitative estimate of drug-likeness (QED) is 0.595. The lowest BCUT2D eigenvalue weighted by Crippen LogP contribution is -2.17. The van der Waals surface area contributed by atoms with Crippen molar-refractivity contribution in [2.75, 3.05) is 13.2 Å². The van der Waals surface area contributed by atoms with Crippen molar-refractivity contribution in [1.82, 2.24) is 0 Å². The van der Waals surface area contributed by atoms with Crippen LogP contribution < -0.4 is 15.2 Å². The largest absolute Gasteiger partial charge is 0.490 e. The summed E-state index contributed by atoms with van der Waals surface area (Å²) in [5.41, 5.74) is 7.53. The Labute approximate surface area is 153 Å². The zero-order valence-electron chi connectivity index (χ0n) is 14.1. The monoisotopic (exact) mass is 363 g/mol. The van der Waals surface area contributed by atoms with Crippen LogP contribution in [0.2, 0.25) is 5.02 Å². The summed E-state index contributed by atoms with van der Waals surface area (Å²) in [5.74, 6) is 1.49. The molecule has 0 aromatic heterocycles. The average Bonchev–Trinajstić information content (AvgIpc) is 2.52. The molecule has 2 rings (SSSR count). The Bertz CT molecular complexity index is 726. The van der Waals surface area contributed by atoms with Crippen LogP contribution in [0.25, 0.3) is 0 Å². The van der Waals surface area contributed by atoms with Crippen molar-refractivity contribution in [3.63, 3.8) is 0 Å². The lowest BCUT2D eigenvalue weighted by atomic mass is 9.86. The van der Waals surface area contributed by atoms with Gasteiger partial charge in [0.15, 0.2) is 0 Å². The van der Waals surface area contributed by atoms with E-state index in [1.54, 1.807) is 18.2 Å². The minimum Gasteiger partial charge on any atom is -0.490 e. The molecule has 0 saturated heterocycles. The summed E-state index contributed by atoms with van der Waals surface area (Å²) in [6, 6.07) is 13.3. The van der Waals surface area contributed by atoms with Gasteiger partial charge >= 0.3 is 0 Å². The highest BCUT2D eigenvalue weighted by molar-refractivity contribution is 7.80. The molecule has 0 saturated carbocycles. The van der Waals surface area contributed by atoms with Crippen molar-refractivity contribution >= 4 is 28.8 Å². The number of para-hydroxylation sites is 1. The maximum absolute atomic E-state index is 5.97. The second-order valence-corrected chi connectivity index (χ2v) is 7.32. The number of benzene rings is 2. The third-order valence-corrected chi connectivity index (χ3v) is 3.96. The van der Waals surface area contributed by atoms with Crippen LogP contribution in [0, 0.1) is 0 Å². The zero-order chi connectivity index (χ0) is 17.7. The molecule has 0 unspecified atom stereocenters. The Hall–Kier alpha value is -1.78. The minimum absolute atomic E-state index is 0.0204. The van der Waals surface area contributed by atoms with Crippen molar-refractivity contribution in [2.24, 2.45) is 5.73 Å². The molecule has 0 radical (unpaired) electrons. The van der Waals surface area contributed by atoms with E-state index < -0.39 is 0 Å². The molecule has 2 aromatic rings. The van der Waals surface area contributed by atoms with Gasteiger partial charge in [0.1, 0.15) is 29.7 Å². The van der Waals surface area contributed by atoms with Crippen molar-refractivity contribution in [3.8, 4) is 11.5 Å². The Balaban J connectivity index is 1.99. The van der Waals surface area contributed by atoms with Gasteiger partial charge in [0, 0.05) is 5.02 Å². The van der Waals surface area contributed by atoms with Gasteiger partial charge in [0.05, 0.1) is 5.56 Å². The second-order valence-electron chi connectivity index (χ2n) is 6.45. The standard InChI is InChI=1S/C19H22ClNO2S/c1-19(2,3)15-6-4-5-7-17(15)23-11-10-22-16-9-8-13(20)12-14(16)18(21)24/h4-9,12H,10-11H2,1-3H3,(H2,21,24). The van der Waals surface area contributed by atoms with E-state index in [9.17, 15) is 0 Å². The van der Waals surface area contributed by atoms with Crippen LogP contribution in [0.1, 0.15) is 31.9 Å². The number of rotatable bonds is 6. The van der Waals surface area contributed by atoms with Gasteiger partial charge in [-0.05, 0) is 35.2 Å². The Morgan fingerprint density at radius 1 is 1.04 bits per heavy atom. The van der Waals surface area contributed by atoms with E-state index in [-0.39, 0.29) is 10.4 Å². The van der Waals surface area contributed by atoms with Crippen molar-refractivity contribution in [2.45, 2.75) is 26.2 Å². The van der Waals surface area contributed by atoms with Crippen LogP contribution in [0.4, 0.5) is 0 Å². The first-order valence-corrected chi connectivity index (χ1v) is 8.52. The highest BCUT2D eigenvalue weighted by Gasteiger charge is 2.18. The van der Waals surface area contributed by atoms with Crippen LogP contribution >= 0.6 is 23.8 Å². The summed E-state index contributed by atoms with van der Waals surface area (Å²) in [6.07, 6.45) is 0. The van der Waals surface area contributed by atoms with Crippen LogP contribution in [-0.4, -0.2) is 18.2 Å². The number of hydrogen-bond donors (Lipinski definition) is 1. The van der Waals surface area contributed by atoms with E-state index in [2.05, 4.69) is 26.8 Å². The maximum Gasteiger partial charge on any atom is 0.129 e. The fourth-order valence-electron chi connectivity index (χ4n) is 2.34. The van der Waals surface area contributed by atoms with E-state index in [1.807, 2.05) is 18.2 Å². The van der Waals surface area contributed by atoms with Crippen molar-refractivity contribution < 1.29 is 9.47 Å². The topological polar surface area (TPSA) is 44.5 Å². The SMILES string of the molecule is CC(C)(C)c1ccccc1OCCOc1ccc(Cl)cc1C(N)=S. The molecule has 0 heterocycles. The molecule has 0 amide bonds. The first-order valence-electron chi connectivity index (χ1n) is 7.73. The van der Waals surface area contributed by atoms with Gasteiger partial charge in [-0.2, -0.15) is 0 Å². The first kappa shape index (κ1) is 18.6. The van der Waals surface area contributed by atoms with Crippen LogP contribution in [0.5, 0.6) is 11.5 Å². The van der Waals surface area contributed by atoms with E-state index in [4.69, 9.17) is 39.0 Å². The molecule has 24 heavy (non-hydrogen) atoms. The van der Waals surface area contributed by atoms with Crippen LogP contribution in [-0.2, 0) is 5.41 Å². The molecule has 0 aliphatic rings. The molecule has 2 aromatic carbocycles. The highest BCUT2D eigenvalue weighted by Crippen LogP contribution is 2.31. The summed E-state index contributed by atoms with van der Waals surface area (Å²) in [6.45, 7) is 7.29. The van der Waals surface area contributed by atoms with E-state index >= 15 is 0 Å². The fraction of sp³-hybridized carbons (Fsp3) is 0.316. The number of nitrogens with two attached hydrogens (primary N) is 1. The third kappa shape index (κ3) is 4.86. The van der Waals surface area contributed by atoms with Crippen LogP contribution in [0.3, 0.4) is 0 Å². The zero-order valence-corrected chi connectivity index (χ0v) is 15.7. The number of ether oxygens (including phenoxy) is 2. The molecule has 0 aliphatic carbocycles. The fourth-order valence-corrected chi connectivity index (χ4v) is 2.67. The summed E-state index contributed by atoms with van der Waals surface area (Å²) in [7, 11) is 0. The van der Waals surface area contributed by atoms with Gasteiger partial charge in [0.2, 0.25) is 0 Å². The predicted octanol–water partition coefficient (Wildman–Crippen LogP) is 4.73. The molecular weight excluding hydrogens is 342 g/mol. The Morgan fingerprint density at radius 3 is 2.29 bits per heavy atom.